The number of hydrogen-bond donors (Lipinski definition) is 1. The molecule has 0 radical (unpaired) electrons. The highest BCUT2D eigenvalue weighted by molar-refractivity contribution is 5.73. The van der Waals surface area contributed by atoms with E-state index in [0.29, 0.717) is 11.3 Å². The molecular weight excluding hydrogens is 247 g/mol. The average Bonchev–Trinajstić information content (AvgIpc) is 2.63. The molecule has 0 saturated heterocycles. The summed E-state index contributed by atoms with van der Waals surface area (Å²) in [5.74, 6) is -0.398. The predicted octanol–water partition coefficient (Wildman–Crippen LogP) is 2.73. The number of aryl methyl sites for hydroxylation is 1. The van der Waals surface area contributed by atoms with E-state index in [1.165, 1.54) is 0 Å². The fourth-order valence-corrected chi connectivity index (χ4v) is 1.59. The third-order valence-electron chi connectivity index (χ3n) is 2.35. The molecule has 0 unspecified atom stereocenters. The molecule has 2 aromatic rings. The second kappa shape index (κ2) is 4.32. The maximum Gasteiger partial charge on any atom is 0.396 e. The van der Waals surface area contributed by atoms with Crippen LogP contribution in [0.2, 0.25) is 0 Å². The quantitative estimate of drug-likeness (QED) is 0.840. The summed E-state index contributed by atoms with van der Waals surface area (Å²) in [4.78, 5) is 3.71. The summed E-state index contributed by atoms with van der Waals surface area (Å²) < 4.78 is 41.3. The van der Waals surface area contributed by atoms with Gasteiger partial charge < -0.3 is 10.3 Å². The number of rotatable bonds is 2. The van der Waals surface area contributed by atoms with Gasteiger partial charge in [0.25, 0.3) is 5.89 Å². The number of alkyl halides is 3. The average molecular weight is 257 g/mol. The first-order valence-electron chi connectivity index (χ1n) is 5.11. The fourth-order valence-electron chi connectivity index (χ4n) is 1.59. The molecule has 4 nitrogen and oxygen atoms in total. The Bertz CT molecular complexity index is 543. The summed E-state index contributed by atoms with van der Waals surface area (Å²) in [6.07, 6.45) is -5.58. The van der Waals surface area contributed by atoms with Crippen LogP contribution in [0, 0.1) is 6.92 Å². The number of hydrogen-bond acceptors (Lipinski definition) is 4. The summed E-state index contributed by atoms with van der Waals surface area (Å²) in [5, 5.41) is 3.30. The molecular formula is C11H10F3N3O. The zero-order valence-electron chi connectivity index (χ0n) is 9.45. The van der Waals surface area contributed by atoms with E-state index in [2.05, 4.69) is 10.1 Å². The lowest BCUT2D eigenvalue weighted by Crippen LogP contribution is -2.12. The minimum Gasteiger partial charge on any atom is -0.398 e. The van der Waals surface area contributed by atoms with Gasteiger partial charge >= 0.3 is 6.18 Å². The highest BCUT2D eigenvalue weighted by Gasteiger charge is 2.31. The highest BCUT2D eigenvalue weighted by atomic mass is 19.4. The molecule has 96 valence electrons. The van der Waals surface area contributed by atoms with Crippen LogP contribution in [-0.4, -0.2) is 16.3 Å². The number of halogens is 3. The van der Waals surface area contributed by atoms with Crippen LogP contribution in [-0.2, 0) is 6.42 Å². The Morgan fingerprint density at radius 1 is 1.33 bits per heavy atom. The Morgan fingerprint density at radius 2 is 2.06 bits per heavy atom. The normalized spacial score (nSPS) is 11.8. The lowest BCUT2D eigenvalue weighted by atomic mass is 10.1. The van der Waals surface area contributed by atoms with Crippen molar-refractivity contribution in [1.29, 1.82) is 0 Å². The summed E-state index contributed by atoms with van der Waals surface area (Å²) >= 11 is 0. The first-order chi connectivity index (χ1) is 8.37. The number of nitrogen functional groups attached to an aromatic ring is 1. The smallest absolute Gasteiger partial charge is 0.396 e. The molecule has 0 aliphatic heterocycles. The molecule has 1 aromatic heterocycles. The second-order valence-electron chi connectivity index (χ2n) is 3.85. The largest absolute Gasteiger partial charge is 0.398 e. The van der Waals surface area contributed by atoms with Gasteiger partial charge in [0.15, 0.2) is 5.82 Å². The zero-order chi connectivity index (χ0) is 13.3. The van der Waals surface area contributed by atoms with E-state index in [-0.39, 0.29) is 5.89 Å². The molecule has 2 rings (SSSR count). The standard InChI is InChI=1S/C11H10F3N3O/c1-6-3-2-4-7(15)9(6)10-16-8(17-18-10)5-11(12,13)14/h2-4H,5,15H2,1H3. The van der Waals surface area contributed by atoms with Crippen molar-refractivity contribution in [1.82, 2.24) is 10.1 Å². The van der Waals surface area contributed by atoms with Gasteiger partial charge in [-0.25, -0.2) is 0 Å². The van der Waals surface area contributed by atoms with Gasteiger partial charge in [0.1, 0.15) is 6.42 Å². The van der Waals surface area contributed by atoms with Crippen LogP contribution in [0.1, 0.15) is 11.4 Å². The van der Waals surface area contributed by atoms with E-state index in [9.17, 15) is 13.2 Å². The molecule has 0 spiro atoms. The van der Waals surface area contributed by atoms with Crippen LogP contribution in [0.4, 0.5) is 18.9 Å². The first-order valence-corrected chi connectivity index (χ1v) is 5.11. The minimum absolute atomic E-state index is 0.00449. The molecule has 1 heterocycles. The molecule has 18 heavy (non-hydrogen) atoms. The third kappa shape index (κ3) is 2.61. The van der Waals surface area contributed by atoms with Gasteiger partial charge in [-0.1, -0.05) is 17.3 Å². The lowest BCUT2D eigenvalue weighted by molar-refractivity contribution is -0.128. The number of anilines is 1. The summed E-state index contributed by atoms with van der Waals surface area (Å²) in [7, 11) is 0. The van der Waals surface area contributed by atoms with Gasteiger partial charge in [0, 0.05) is 5.69 Å². The van der Waals surface area contributed by atoms with Crippen molar-refractivity contribution in [2.75, 3.05) is 5.73 Å². The van der Waals surface area contributed by atoms with Crippen molar-refractivity contribution < 1.29 is 17.7 Å². The van der Waals surface area contributed by atoms with Gasteiger partial charge in [-0.05, 0) is 18.6 Å². The van der Waals surface area contributed by atoms with Crippen LogP contribution >= 0.6 is 0 Å². The van der Waals surface area contributed by atoms with Crippen LogP contribution in [0.3, 0.4) is 0 Å². The Hall–Kier alpha value is -2.05. The Morgan fingerprint density at radius 3 is 2.67 bits per heavy atom. The predicted molar refractivity (Wildman–Crippen MR) is 58.6 cm³/mol. The fraction of sp³-hybridized carbons (Fsp3) is 0.273. The van der Waals surface area contributed by atoms with Crippen molar-refractivity contribution in [3.8, 4) is 11.5 Å². The van der Waals surface area contributed by atoms with Crippen molar-refractivity contribution >= 4 is 5.69 Å². The topological polar surface area (TPSA) is 64.9 Å². The molecule has 2 N–H and O–H groups in total. The van der Waals surface area contributed by atoms with Gasteiger partial charge in [-0.2, -0.15) is 18.2 Å². The van der Waals surface area contributed by atoms with Crippen molar-refractivity contribution in [3.05, 3.63) is 29.6 Å². The van der Waals surface area contributed by atoms with Gasteiger partial charge in [-0.3, -0.25) is 0 Å². The Labute approximate surface area is 101 Å². The number of nitrogens with two attached hydrogens (primary N) is 1. The first kappa shape index (κ1) is 12.4. The van der Waals surface area contributed by atoms with Crippen LogP contribution in [0.15, 0.2) is 22.7 Å². The van der Waals surface area contributed by atoms with E-state index in [1.54, 1.807) is 25.1 Å². The van der Waals surface area contributed by atoms with E-state index in [4.69, 9.17) is 10.3 Å². The molecule has 0 fully saturated rings. The van der Waals surface area contributed by atoms with E-state index in [1.807, 2.05) is 0 Å². The molecule has 1 aromatic carbocycles. The Balaban J connectivity index is 2.36. The van der Waals surface area contributed by atoms with Crippen molar-refractivity contribution in [3.63, 3.8) is 0 Å². The van der Waals surface area contributed by atoms with Crippen molar-refractivity contribution in [2.24, 2.45) is 0 Å². The number of benzene rings is 1. The van der Waals surface area contributed by atoms with Gasteiger partial charge in [0.2, 0.25) is 0 Å². The van der Waals surface area contributed by atoms with Crippen LogP contribution in [0.5, 0.6) is 0 Å². The SMILES string of the molecule is Cc1cccc(N)c1-c1nc(CC(F)(F)F)no1. The lowest BCUT2D eigenvalue weighted by Gasteiger charge is -2.03. The summed E-state index contributed by atoms with van der Waals surface area (Å²) in [6, 6.07) is 5.12. The molecule has 0 aliphatic carbocycles. The second-order valence-corrected chi connectivity index (χ2v) is 3.85. The van der Waals surface area contributed by atoms with E-state index >= 15 is 0 Å². The van der Waals surface area contributed by atoms with Crippen LogP contribution < -0.4 is 5.73 Å². The number of nitrogens with zero attached hydrogens (tertiary/aromatic N) is 2. The molecule has 0 amide bonds. The van der Waals surface area contributed by atoms with E-state index < -0.39 is 18.4 Å². The molecule has 0 bridgehead atoms. The number of aromatic nitrogens is 2. The summed E-state index contributed by atoms with van der Waals surface area (Å²) in [5.41, 5.74) is 7.36. The Kier molecular flexibility index (Phi) is 2.98. The van der Waals surface area contributed by atoms with Crippen molar-refractivity contribution in [2.45, 2.75) is 19.5 Å². The molecule has 0 saturated carbocycles. The highest BCUT2D eigenvalue weighted by Crippen LogP contribution is 2.28. The minimum atomic E-state index is -4.36. The van der Waals surface area contributed by atoms with Crippen LogP contribution in [0.25, 0.3) is 11.5 Å². The third-order valence-corrected chi connectivity index (χ3v) is 2.35. The zero-order valence-corrected chi connectivity index (χ0v) is 9.45. The van der Waals surface area contributed by atoms with Gasteiger partial charge in [0.05, 0.1) is 5.56 Å². The maximum atomic E-state index is 12.2. The molecule has 0 aliphatic rings. The van der Waals surface area contributed by atoms with E-state index in [0.717, 1.165) is 5.56 Å². The summed E-state index contributed by atoms with van der Waals surface area (Å²) in [6.45, 7) is 1.76. The molecule has 0 atom stereocenters. The monoisotopic (exact) mass is 257 g/mol. The van der Waals surface area contributed by atoms with Gasteiger partial charge in [-0.15, -0.1) is 0 Å². The molecule has 7 heteroatoms. The maximum absolute atomic E-state index is 12.2.